The first kappa shape index (κ1) is 12.4. The van der Waals surface area contributed by atoms with Crippen LogP contribution in [0.4, 0.5) is 0 Å². The molecule has 1 aromatic rings. The average Bonchev–Trinajstić information content (AvgIpc) is 2.35. The lowest BCUT2D eigenvalue weighted by Crippen LogP contribution is -2.29. The Balaban J connectivity index is 1.74. The van der Waals surface area contributed by atoms with Gasteiger partial charge < -0.3 is 9.84 Å². The Bertz CT molecular complexity index is 323. The zero-order valence-electron chi connectivity index (χ0n) is 10.5. The minimum atomic E-state index is -0.120. The molecule has 0 amide bonds. The fourth-order valence-corrected chi connectivity index (χ4v) is 2.64. The molecule has 1 aromatic carbocycles. The topological polar surface area (TPSA) is 29.5 Å². The van der Waals surface area contributed by atoms with Crippen molar-refractivity contribution in [3.05, 3.63) is 30.3 Å². The van der Waals surface area contributed by atoms with Gasteiger partial charge in [0, 0.05) is 0 Å². The molecule has 2 nitrogen and oxygen atoms in total. The van der Waals surface area contributed by atoms with Gasteiger partial charge in [-0.25, -0.2) is 0 Å². The van der Waals surface area contributed by atoms with Crippen molar-refractivity contribution < 1.29 is 9.84 Å². The van der Waals surface area contributed by atoms with Gasteiger partial charge >= 0.3 is 0 Å². The Hall–Kier alpha value is -1.02. The number of aliphatic hydroxyl groups excluding tert-OH is 1. The molecular formula is C15H22O2. The van der Waals surface area contributed by atoms with E-state index in [4.69, 9.17) is 4.74 Å². The van der Waals surface area contributed by atoms with Crippen LogP contribution in [0.2, 0.25) is 0 Å². The Morgan fingerprint density at radius 1 is 1.24 bits per heavy atom. The summed E-state index contributed by atoms with van der Waals surface area (Å²) in [5, 5.41) is 9.93. The maximum Gasteiger partial charge on any atom is 0.119 e. The normalized spacial score (nSPS) is 28.9. The molecule has 2 rings (SSSR count). The molecular weight excluding hydrogens is 212 g/mol. The van der Waals surface area contributed by atoms with Crippen LogP contribution in [0.25, 0.3) is 0 Å². The van der Waals surface area contributed by atoms with Crippen LogP contribution in [-0.4, -0.2) is 17.8 Å². The van der Waals surface area contributed by atoms with Gasteiger partial charge in [0.2, 0.25) is 0 Å². The van der Waals surface area contributed by atoms with Crippen LogP contribution in [-0.2, 0) is 0 Å². The van der Waals surface area contributed by atoms with Crippen molar-refractivity contribution in [3.63, 3.8) is 0 Å². The molecule has 1 aliphatic rings. The van der Waals surface area contributed by atoms with Gasteiger partial charge in [-0.3, -0.25) is 0 Å². The third-order valence-electron chi connectivity index (χ3n) is 3.71. The molecule has 0 bridgehead atoms. The highest BCUT2D eigenvalue weighted by Gasteiger charge is 2.26. The first-order valence-corrected chi connectivity index (χ1v) is 6.61. The predicted molar refractivity (Wildman–Crippen MR) is 69.1 cm³/mol. The lowest BCUT2D eigenvalue weighted by molar-refractivity contribution is 0.0402. The predicted octanol–water partition coefficient (Wildman–Crippen LogP) is 3.25. The Morgan fingerprint density at radius 3 is 2.76 bits per heavy atom. The van der Waals surface area contributed by atoms with Gasteiger partial charge in [0.25, 0.3) is 0 Å². The van der Waals surface area contributed by atoms with Crippen LogP contribution in [0.15, 0.2) is 30.3 Å². The Morgan fingerprint density at radius 2 is 2.00 bits per heavy atom. The zero-order valence-corrected chi connectivity index (χ0v) is 10.5. The monoisotopic (exact) mass is 234 g/mol. The van der Waals surface area contributed by atoms with E-state index in [1.165, 1.54) is 0 Å². The summed E-state index contributed by atoms with van der Waals surface area (Å²) in [5.74, 6) is 2.09. The van der Waals surface area contributed by atoms with E-state index >= 15 is 0 Å². The van der Waals surface area contributed by atoms with Crippen molar-refractivity contribution in [2.75, 3.05) is 6.61 Å². The van der Waals surface area contributed by atoms with E-state index in [0.29, 0.717) is 12.5 Å². The third kappa shape index (κ3) is 3.74. The highest BCUT2D eigenvalue weighted by atomic mass is 16.5. The van der Waals surface area contributed by atoms with Crippen LogP contribution < -0.4 is 4.74 Å². The number of ether oxygens (including phenoxy) is 1. The molecule has 0 aromatic heterocycles. The van der Waals surface area contributed by atoms with E-state index in [0.717, 1.165) is 37.4 Å². The number of para-hydroxylation sites is 1. The molecule has 0 radical (unpaired) electrons. The van der Waals surface area contributed by atoms with Gasteiger partial charge in [0.1, 0.15) is 5.75 Å². The van der Waals surface area contributed by atoms with E-state index in [9.17, 15) is 5.11 Å². The van der Waals surface area contributed by atoms with Crippen LogP contribution in [0.5, 0.6) is 5.75 Å². The van der Waals surface area contributed by atoms with E-state index in [2.05, 4.69) is 6.92 Å². The molecule has 17 heavy (non-hydrogen) atoms. The van der Waals surface area contributed by atoms with Gasteiger partial charge in [-0.2, -0.15) is 0 Å². The summed E-state index contributed by atoms with van der Waals surface area (Å²) in [6, 6.07) is 9.89. The minimum absolute atomic E-state index is 0.120. The van der Waals surface area contributed by atoms with Crippen molar-refractivity contribution in [2.24, 2.45) is 11.8 Å². The van der Waals surface area contributed by atoms with Gasteiger partial charge in [-0.05, 0) is 49.7 Å². The highest BCUT2D eigenvalue weighted by Crippen LogP contribution is 2.31. The minimum Gasteiger partial charge on any atom is -0.494 e. The average molecular weight is 234 g/mol. The van der Waals surface area contributed by atoms with Crippen LogP contribution >= 0.6 is 0 Å². The SMILES string of the molecule is CC1CCC(O)C(CCOc2ccccc2)C1. The van der Waals surface area contributed by atoms with Crippen LogP contribution in [0.1, 0.15) is 32.6 Å². The second-order valence-electron chi connectivity index (χ2n) is 5.20. The van der Waals surface area contributed by atoms with Crippen molar-refractivity contribution in [2.45, 2.75) is 38.7 Å². The van der Waals surface area contributed by atoms with E-state index in [1.807, 2.05) is 30.3 Å². The molecule has 1 fully saturated rings. The fraction of sp³-hybridized carbons (Fsp3) is 0.600. The first-order chi connectivity index (χ1) is 8.25. The number of aliphatic hydroxyl groups is 1. The zero-order chi connectivity index (χ0) is 12.1. The Labute approximate surface area is 104 Å². The summed E-state index contributed by atoms with van der Waals surface area (Å²) < 4.78 is 5.68. The number of hydrogen-bond donors (Lipinski definition) is 1. The molecule has 0 heterocycles. The first-order valence-electron chi connectivity index (χ1n) is 6.61. The van der Waals surface area contributed by atoms with Gasteiger partial charge in [0.15, 0.2) is 0 Å². The van der Waals surface area contributed by atoms with Crippen LogP contribution in [0, 0.1) is 11.8 Å². The van der Waals surface area contributed by atoms with Crippen molar-refractivity contribution in [1.82, 2.24) is 0 Å². The summed E-state index contributed by atoms with van der Waals surface area (Å²) >= 11 is 0. The molecule has 2 heteroatoms. The smallest absolute Gasteiger partial charge is 0.119 e. The second-order valence-corrected chi connectivity index (χ2v) is 5.20. The molecule has 1 aliphatic carbocycles. The maximum absolute atomic E-state index is 9.93. The fourth-order valence-electron chi connectivity index (χ4n) is 2.64. The van der Waals surface area contributed by atoms with Crippen molar-refractivity contribution in [3.8, 4) is 5.75 Å². The Kier molecular flexibility index (Phi) is 4.43. The lowest BCUT2D eigenvalue weighted by Gasteiger charge is -2.31. The molecule has 3 unspecified atom stereocenters. The quantitative estimate of drug-likeness (QED) is 0.866. The van der Waals surface area contributed by atoms with E-state index in [-0.39, 0.29) is 6.10 Å². The number of rotatable bonds is 4. The highest BCUT2D eigenvalue weighted by molar-refractivity contribution is 5.20. The second kappa shape index (κ2) is 6.06. The third-order valence-corrected chi connectivity index (χ3v) is 3.71. The molecule has 1 saturated carbocycles. The van der Waals surface area contributed by atoms with E-state index in [1.54, 1.807) is 0 Å². The number of benzene rings is 1. The molecule has 1 N–H and O–H groups in total. The lowest BCUT2D eigenvalue weighted by atomic mass is 9.79. The van der Waals surface area contributed by atoms with Crippen molar-refractivity contribution in [1.29, 1.82) is 0 Å². The summed E-state index contributed by atoms with van der Waals surface area (Å²) in [5.41, 5.74) is 0. The summed E-state index contributed by atoms with van der Waals surface area (Å²) in [7, 11) is 0. The number of hydrogen-bond acceptors (Lipinski definition) is 2. The van der Waals surface area contributed by atoms with Gasteiger partial charge in [0.05, 0.1) is 12.7 Å². The summed E-state index contributed by atoms with van der Waals surface area (Å²) in [6.45, 7) is 2.98. The van der Waals surface area contributed by atoms with Crippen LogP contribution in [0.3, 0.4) is 0 Å². The van der Waals surface area contributed by atoms with E-state index < -0.39 is 0 Å². The largest absolute Gasteiger partial charge is 0.494 e. The summed E-state index contributed by atoms with van der Waals surface area (Å²) in [6.07, 6.45) is 4.10. The molecule has 0 spiro atoms. The van der Waals surface area contributed by atoms with Gasteiger partial charge in [-0.1, -0.05) is 25.1 Å². The van der Waals surface area contributed by atoms with Crippen molar-refractivity contribution >= 4 is 0 Å². The molecule has 0 aliphatic heterocycles. The molecule has 94 valence electrons. The standard InChI is InChI=1S/C15H22O2/c1-12-7-8-15(16)13(11-12)9-10-17-14-5-3-2-4-6-14/h2-6,12-13,15-16H,7-11H2,1H3. The van der Waals surface area contributed by atoms with Gasteiger partial charge in [-0.15, -0.1) is 0 Å². The molecule has 3 atom stereocenters. The summed E-state index contributed by atoms with van der Waals surface area (Å²) in [4.78, 5) is 0. The molecule has 0 saturated heterocycles. The maximum atomic E-state index is 9.93.